The van der Waals surface area contributed by atoms with Gasteiger partial charge in [0.15, 0.2) is 5.58 Å². The minimum absolute atomic E-state index is 0.0311. The van der Waals surface area contributed by atoms with Crippen molar-refractivity contribution in [1.29, 1.82) is 0 Å². The van der Waals surface area contributed by atoms with E-state index in [9.17, 15) is 0 Å². The molecule has 0 unspecified atom stereocenters. The highest BCUT2D eigenvalue weighted by Gasteiger charge is 2.13. The van der Waals surface area contributed by atoms with E-state index in [1.54, 1.807) is 18.2 Å². The number of aliphatic hydroxyl groups is 1. The molecule has 0 aliphatic heterocycles. The summed E-state index contributed by atoms with van der Waals surface area (Å²) in [6.07, 6.45) is 3.29. The molecule has 0 fully saturated rings. The number of aryl methyl sites for hydroxylation is 1. The molecular weight excluding hydrogens is 318 g/mol. The zero-order chi connectivity index (χ0) is 13.7. The fourth-order valence-corrected chi connectivity index (χ4v) is 2.17. The second-order valence-electron chi connectivity index (χ2n) is 3.30. The summed E-state index contributed by atoms with van der Waals surface area (Å²) in [7, 11) is 0. The van der Waals surface area contributed by atoms with Gasteiger partial charge in [-0.25, -0.2) is 4.98 Å². The first-order valence-electron chi connectivity index (χ1n) is 5.66. The van der Waals surface area contributed by atoms with Gasteiger partial charge in [-0.3, -0.25) is 0 Å². The van der Waals surface area contributed by atoms with E-state index in [1.807, 2.05) is 20.8 Å². The van der Waals surface area contributed by atoms with E-state index >= 15 is 0 Å². The summed E-state index contributed by atoms with van der Waals surface area (Å²) in [4.78, 5) is 4.19. The van der Waals surface area contributed by atoms with E-state index < -0.39 is 0 Å². The maximum atomic E-state index is 8.71. The predicted molar refractivity (Wildman–Crippen MR) is 78.9 cm³/mol. The molecule has 0 atom stereocenters. The molecule has 0 aliphatic carbocycles. The van der Waals surface area contributed by atoms with E-state index in [-0.39, 0.29) is 6.61 Å². The highest BCUT2D eigenvalue weighted by molar-refractivity contribution is 9.10. The van der Waals surface area contributed by atoms with Crippen LogP contribution in [0.2, 0.25) is 5.15 Å². The molecule has 1 N–H and O–H groups in total. The Morgan fingerprint density at radius 1 is 1.50 bits per heavy atom. The molecule has 0 saturated carbocycles. The largest absolute Gasteiger partial charge is 0.454 e. The molecule has 0 saturated heterocycles. The summed E-state index contributed by atoms with van der Waals surface area (Å²) >= 11 is 9.28. The molecule has 2 aromatic heterocycles. The first-order chi connectivity index (χ1) is 8.63. The zero-order valence-electron chi connectivity index (χ0n) is 10.5. The van der Waals surface area contributed by atoms with Crippen LogP contribution in [0.3, 0.4) is 0 Å². The van der Waals surface area contributed by atoms with Gasteiger partial charge in [0.2, 0.25) is 0 Å². The van der Waals surface area contributed by atoms with Crippen molar-refractivity contribution in [2.24, 2.45) is 0 Å². The Morgan fingerprint density at radius 3 is 2.78 bits per heavy atom. The summed E-state index contributed by atoms with van der Waals surface area (Å²) in [5.74, 6) is 0.627. The van der Waals surface area contributed by atoms with Crippen LogP contribution in [0.25, 0.3) is 17.2 Å². The normalized spacial score (nSPS) is 10.8. The van der Waals surface area contributed by atoms with Gasteiger partial charge < -0.3 is 9.52 Å². The van der Waals surface area contributed by atoms with Gasteiger partial charge in [0.25, 0.3) is 0 Å². The predicted octanol–water partition coefficient (Wildman–Crippen LogP) is 4.58. The molecule has 0 aromatic carbocycles. The second-order valence-corrected chi connectivity index (χ2v) is 4.49. The van der Waals surface area contributed by atoms with Crippen molar-refractivity contribution in [3.63, 3.8) is 0 Å². The number of pyridine rings is 1. The van der Waals surface area contributed by atoms with E-state index in [1.165, 1.54) is 0 Å². The Balaban J connectivity index is 0.000000771. The molecule has 2 rings (SSSR count). The molecule has 3 nitrogen and oxygen atoms in total. The van der Waals surface area contributed by atoms with Crippen molar-refractivity contribution in [2.75, 3.05) is 6.61 Å². The van der Waals surface area contributed by atoms with Crippen molar-refractivity contribution >= 4 is 44.7 Å². The minimum Gasteiger partial charge on any atom is -0.454 e. The van der Waals surface area contributed by atoms with Crippen molar-refractivity contribution in [1.82, 2.24) is 4.98 Å². The number of furan rings is 1. The van der Waals surface area contributed by atoms with Crippen LogP contribution in [0.1, 0.15) is 25.2 Å². The van der Waals surface area contributed by atoms with Gasteiger partial charge in [0, 0.05) is 0 Å². The Morgan fingerprint density at radius 2 is 2.17 bits per heavy atom. The smallest absolute Gasteiger partial charge is 0.157 e. The minimum atomic E-state index is -0.0311. The van der Waals surface area contributed by atoms with Crippen LogP contribution in [0.15, 0.2) is 21.0 Å². The van der Waals surface area contributed by atoms with Crippen molar-refractivity contribution in [2.45, 2.75) is 20.8 Å². The number of aliphatic hydroxyl groups excluding tert-OH is 1. The van der Waals surface area contributed by atoms with E-state index in [4.69, 9.17) is 21.1 Å². The highest BCUT2D eigenvalue weighted by Crippen LogP contribution is 2.33. The number of hydrogen-bond acceptors (Lipinski definition) is 3. The molecule has 2 heterocycles. The maximum Gasteiger partial charge on any atom is 0.157 e. The SMILES string of the molecule is CC.Cc1cc(Cl)nc2c(Br)c(/C=C\CO)oc12. The summed E-state index contributed by atoms with van der Waals surface area (Å²) in [6, 6.07) is 1.75. The molecule has 98 valence electrons. The van der Waals surface area contributed by atoms with Gasteiger partial charge in [-0.05, 0) is 40.6 Å². The van der Waals surface area contributed by atoms with E-state index in [0.717, 1.165) is 10.0 Å². The molecule has 0 radical (unpaired) electrons. The molecule has 0 aliphatic rings. The van der Waals surface area contributed by atoms with Crippen LogP contribution in [0, 0.1) is 6.92 Å². The average Bonchev–Trinajstić information content (AvgIpc) is 2.67. The van der Waals surface area contributed by atoms with E-state index in [0.29, 0.717) is 22.0 Å². The Hall–Kier alpha value is -0.840. The Labute approximate surface area is 120 Å². The molecule has 0 amide bonds. The van der Waals surface area contributed by atoms with Gasteiger partial charge in [0.05, 0.1) is 11.1 Å². The summed E-state index contributed by atoms with van der Waals surface area (Å²) in [6.45, 7) is 5.88. The third kappa shape index (κ3) is 3.13. The Bertz CT molecular complexity index is 564. The van der Waals surface area contributed by atoms with Crippen LogP contribution >= 0.6 is 27.5 Å². The van der Waals surface area contributed by atoms with Crippen molar-refractivity contribution in [3.05, 3.63) is 33.1 Å². The topological polar surface area (TPSA) is 46.3 Å². The highest BCUT2D eigenvalue weighted by atomic mass is 79.9. The number of fused-ring (bicyclic) bond motifs is 1. The lowest BCUT2D eigenvalue weighted by molar-refractivity contribution is 0.343. The zero-order valence-corrected chi connectivity index (χ0v) is 12.8. The molecule has 0 bridgehead atoms. The first kappa shape index (κ1) is 15.2. The van der Waals surface area contributed by atoms with Gasteiger partial charge >= 0.3 is 0 Å². The summed E-state index contributed by atoms with van der Waals surface area (Å²) in [5.41, 5.74) is 2.33. The summed E-state index contributed by atoms with van der Waals surface area (Å²) < 4.78 is 6.37. The molecular formula is C13H15BrClNO2. The summed E-state index contributed by atoms with van der Waals surface area (Å²) in [5, 5.41) is 9.15. The van der Waals surface area contributed by atoms with Crippen LogP contribution in [-0.4, -0.2) is 16.7 Å². The third-order valence-corrected chi connectivity index (χ3v) is 3.10. The monoisotopic (exact) mass is 331 g/mol. The number of nitrogens with zero attached hydrogens (tertiary/aromatic N) is 1. The van der Waals surface area contributed by atoms with Gasteiger partial charge in [-0.2, -0.15) is 0 Å². The fourth-order valence-electron chi connectivity index (χ4n) is 1.44. The van der Waals surface area contributed by atoms with Gasteiger partial charge in [-0.1, -0.05) is 31.5 Å². The second kappa shape index (κ2) is 6.92. The standard InChI is InChI=1S/C11H9BrClNO2.C2H6/c1-6-5-8(13)14-10-9(12)7(3-2-4-15)16-11(6)10;1-2/h2-3,5,15H,4H2,1H3;1-2H3/b3-2-;. The van der Waals surface area contributed by atoms with Crippen LogP contribution in [0.5, 0.6) is 0 Å². The maximum absolute atomic E-state index is 8.71. The average molecular weight is 333 g/mol. The number of aromatic nitrogens is 1. The lowest BCUT2D eigenvalue weighted by Gasteiger charge is -1.94. The molecule has 18 heavy (non-hydrogen) atoms. The van der Waals surface area contributed by atoms with Crippen LogP contribution in [-0.2, 0) is 0 Å². The molecule has 2 aromatic rings. The van der Waals surface area contributed by atoms with Crippen LogP contribution in [0.4, 0.5) is 0 Å². The van der Waals surface area contributed by atoms with Gasteiger partial charge in [0.1, 0.15) is 16.4 Å². The number of rotatable bonds is 2. The molecule has 5 heteroatoms. The lowest BCUT2D eigenvalue weighted by Crippen LogP contribution is -1.80. The van der Waals surface area contributed by atoms with E-state index in [2.05, 4.69) is 20.9 Å². The lowest BCUT2D eigenvalue weighted by atomic mass is 10.2. The molecule has 0 spiro atoms. The number of halogens is 2. The van der Waals surface area contributed by atoms with Crippen molar-refractivity contribution in [3.8, 4) is 0 Å². The van der Waals surface area contributed by atoms with Crippen LogP contribution < -0.4 is 0 Å². The third-order valence-electron chi connectivity index (χ3n) is 2.14. The van der Waals surface area contributed by atoms with Gasteiger partial charge in [-0.15, -0.1) is 0 Å². The Kier molecular flexibility index (Phi) is 5.85. The number of hydrogen-bond donors (Lipinski definition) is 1. The van der Waals surface area contributed by atoms with Crippen molar-refractivity contribution < 1.29 is 9.52 Å². The first-order valence-corrected chi connectivity index (χ1v) is 6.83. The fraction of sp³-hybridized carbons (Fsp3) is 0.308. The quantitative estimate of drug-likeness (QED) is 0.819.